The summed E-state index contributed by atoms with van der Waals surface area (Å²) in [5, 5.41) is 9.92. The Kier molecular flexibility index (Phi) is 13.8. The summed E-state index contributed by atoms with van der Waals surface area (Å²) in [6, 6.07) is 0. The molecule has 0 atom stereocenters. The maximum absolute atomic E-state index is 9.92. The molecule has 0 heterocycles. The Labute approximate surface area is 96.4 Å². The van der Waals surface area contributed by atoms with E-state index in [1.165, 1.54) is 12.8 Å². The SMILES string of the molecule is CCCCCCCC(=O)[O-].[La+3]. The van der Waals surface area contributed by atoms with Crippen molar-refractivity contribution in [2.75, 3.05) is 0 Å². The molecule has 0 fully saturated rings. The molecule has 0 aliphatic heterocycles. The molecule has 0 radical (unpaired) electrons. The summed E-state index contributed by atoms with van der Waals surface area (Å²) < 4.78 is 0. The third-order valence-corrected chi connectivity index (χ3v) is 1.48. The molecular weight excluding hydrogens is 267 g/mol. The van der Waals surface area contributed by atoms with Gasteiger partial charge < -0.3 is 9.90 Å². The van der Waals surface area contributed by atoms with Crippen LogP contribution in [0.1, 0.15) is 45.4 Å². The van der Waals surface area contributed by atoms with Gasteiger partial charge in [0.1, 0.15) is 0 Å². The number of hydrogen-bond donors (Lipinski definition) is 0. The Hall–Kier alpha value is 0.665. The van der Waals surface area contributed by atoms with Gasteiger partial charge in [0.25, 0.3) is 0 Å². The van der Waals surface area contributed by atoms with E-state index in [4.69, 9.17) is 0 Å². The van der Waals surface area contributed by atoms with E-state index in [1.54, 1.807) is 0 Å². The van der Waals surface area contributed by atoms with Gasteiger partial charge in [0.15, 0.2) is 0 Å². The molecule has 0 spiro atoms. The number of hydrogen-bond acceptors (Lipinski definition) is 2. The van der Waals surface area contributed by atoms with Gasteiger partial charge in [0.05, 0.1) is 0 Å². The van der Waals surface area contributed by atoms with Gasteiger partial charge in [-0.05, 0) is 12.8 Å². The topological polar surface area (TPSA) is 40.1 Å². The number of carbonyl (C=O) groups excluding carboxylic acids is 1. The summed E-state index contributed by atoms with van der Waals surface area (Å²) in [5.41, 5.74) is 0. The van der Waals surface area contributed by atoms with Crippen molar-refractivity contribution in [1.82, 2.24) is 0 Å². The van der Waals surface area contributed by atoms with E-state index >= 15 is 0 Å². The van der Waals surface area contributed by atoms with Gasteiger partial charge in [-0.2, -0.15) is 0 Å². The summed E-state index contributed by atoms with van der Waals surface area (Å²) in [5.74, 6) is -0.920. The van der Waals surface area contributed by atoms with Crippen LogP contribution in [0.2, 0.25) is 0 Å². The molecule has 0 aliphatic carbocycles. The molecule has 0 bridgehead atoms. The van der Waals surface area contributed by atoms with Crippen LogP contribution in [0.3, 0.4) is 0 Å². The van der Waals surface area contributed by atoms with Crippen LogP contribution in [0, 0.1) is 35.6 Å². The molecule has 60 valence electrons. The zero-order valence-electron chi connectivity index (χ0n) is 7.14. The Bertz CT molecular complexity index is 94.1. The van der Waals surface area contributed by atoms with Crippen molar-refractivity contribution < 1.29 is 45.5 Å². The monoisotopic (exact) mass is 282 g/mol. The predicted molar refractivity (Wildman–Crippen MR) is 38.4 cm³/mol. The van der Waals surface area contributed by atoms with E-state index in [2.05, 4.69) is 6.92 Å². The third kappa shape index (κ3) is 13.6. The fourth-order valence-electron chi connectivity index (χ4n) is 0.873. The van der Waals surface area contributed by atoms with E-state index in [1.807, 2.05) is 0 Å². The Morgan fingerprint density at radius 2 is 1.73 bits per heavy atom. The summed E-state index contributed by atoms with van der Waals surface area (Å²) in [6.45, 7) is 2.14. The van der Waals surface area contributed by atoms with Crippen LogP contribution >= 0.6 is 0 Å². The van der Waals surface area contributed by atoms with Crippen molar-refractivity contribution in [3.05, 3.63) is 0 Å². The third-order valence-electron chi connectivity index (χ3n) is 1.48. The van der Waals surface area contributed by atoms with Crippen LogP contribution in [-0.2, 0) is 4.79 Å². The van der Waals surface area contributed by atoms with Crippen LogP contribution in [0.4, 0.5) is 0 Å². The zero-order valence-corrected chi connectivity index (χ0v) is 10.8. The van der Waals surface area contributed by atoms with Gasteiger partial charge in [-0.25, -0.2) is 0 Å². The summed E-state index contributed by atoms with van der Waals surface area (Å²) in [6.07, 6.45) is 5.61. The van der Waals surface area contributed by atoms with Crippen LogP contribution in [0.5, 0.6) is 0 Å². The summed E-state index contributed by atoms with van der Waals surface area (Å²) in [4.78, 5) is 9.92. The molecule has 0 amide bonds. The van der Waals surface area contributed by atoms with E-state index in [0.29, 0.717) is 0 Å². The smallest absolute Gasteiger partial charge is 0.550 e. The van der Waals surface area contributed by atoms with E-state index in [9.17, 15) is 9.90 Å². The molecule has 0 saturated carbocycles. The van der Waals surface area contributed by atoms with Gasteiger partial charge in [0.2, 0.25) is 0 Å². The summed E-state index contributed by atoms with van der Waals surface area (Å²) >= 11 is 0. The number of unbranched alkanes of at least 4 members (excludes halogenated alkanes) is 4. The van der Waals surface area contributed by atoms with Crippen molar-refractivity contribution in [2.45, 2.75) is 45.4 Å². The second-order valence-corrected chi connectivity index (χ2v) is 2.54. The quantitative estimate of drug-likeness (QED) is 0.684. The predicted octanol–water partition coefficient (Wildman–Crippen LogP) is 1.10. The number of carbonyl (C=O) groups is 1. The first-order valence-electron chi connectivity index (χ1n) is 3.97. The molecule has 0 rings (SSSR count). The van der Waals surface area contributed by atoms with Gasteiger partial charge in [-0.15, -0.1) is 0 Å². The van der Waals surface area contributed by atoms with Gasteiger partial charge in [0, 0.05) is 5.97 Å². The van der Waals surface area contributed by atoms with Crippen molar-refractivity contribution >= 4 is 5.97 Å². The number of carboxylic acid groups (broad SMARTS) is 1. The van der Waals surface area contributed by atoms with E-state index in [-0.39, 0.29) is 42.0 Å². The molecule has 2 nitrogen and oxygen atoms in total. The van der Waals surface area contributed by atoms with Gasteiger partial charge >= 0.3 is 35.6 Å². The minimum absolute atomic E-state index is 0. The fraction of sp³-hybridized carbons (Fsp3) is 0.875. The second-order valence-electron chi connectivity index (χ2n) is 2.54. The average molecular weight is 282 g/mol. The van der Waals surface area contributed by atoms with Crippen molar-refractivity contribution in [3.63, 3.8) is 0 Å². The molecule has 3 heteroatoms. The zero-order chi connectivity index (χ0) is 7.82. The standard InChI is InChI=1S/C8H16O2.La/c1-2-3-4-5-6-7-8(9)10;/h2-7H2,1H3,(H,9,10);/q;+3/p-1. The molecule has 0 aromatic heterocycles. The van der Waals surface area contributed by atoms with Crippen molar-refractivity contribution in [2.24, 2.45) is 0 Å². The molecule has 0 unspecified atom stereocenters. The molecule has 11 heavy (non-hydrogen) atoms. The molecule has 0 saturated heterocycles. The van der Waals surface area contributed by atoms with Crippen LogP contribution in [0.25, 0.3) is 0 Å². The average Bonchev–Trinajstić information content (AvgIpc) is 1.87. The van der Waals surface area contributed by atoms with Crippen LogP contribution in [0.15, 0.2) is 0 Å². The Morgan fingerprint density at radius 3 is 2.18 bits per heavy atom. The normalized spacial score (nSPS) is 8.82. The minimum Gasteiger partial charge on any atom is -0.550 e. The largest absolute Gasteiger partial charge is 3.00 e. The molecular formula is C8H15LaO2+2. The molecule has 0 aromatic rings. The fourth-order valence-corrected chi connectivity index (χ4v) is 0.873. The minimum atomic E-state index is -0.920. The second kappa shape index (κ2) is 10.7. The summed E-state index contributed by atoms with van der Waals surface area (Å²) in [7, 11) is 0. The molecule has 0 aromatic carbocycles. The van der Waals surface area contributed by atoms with Crippen molar-refractivity contribution in [3.8, 4) is 0 Å². The van der Waals surface area contributed by atoms with E-state index in [0.717, 1.165) is 19.3 Å². The first kappa shape index (κ1) is 14.2. The number of carboxylic acids is 1. The Morgan fingerprint density at radius 1 is 1.18 bits per heavy atom. The van der Waals surface area contributed by atoms with Gasteiger partial charge in [-0.3, -0.25) is 0 Å². The van der Waals surface area contributed by atoms with Crippen molar-refractivity contribution in [1.29, 1.82) is 0 Å². The van der Waals surface area contributed by atoms with Crippen LogP contribution < -0.4 is 5.11 Å². The molecule has 0 N–H and O–H groups in total. The maximum Gasteiger partial charge on any atom is 3.00 e. The van der Waals surface area contributed by atoms with E-state index < -0.39 is 5.97 Å². The first-order chi connectivity index (χ1) is 4.77. The van der Waals surface area contributed by atoms with Crippen LogP contribution in [-0.4, -0.2) is 5.97 Å². The Balaban J connectivity index is 0. The molecule has 0 aliphatic rings. The number of rotatable bonds is 6. The van der Waals surface area contributed by atoms with Gasteiger partial charge in [-0.1, -0.05) is 32.6 Å². The number of aliphatic carboxylic acids is 1. The first-order valence-corrected chi connectivity index (χ1v) is 3.97. The maximum atomic E-state index is 9.92.